The second kappa shape index (κ2) is 8.14. The molecule has 0 unspecified atom stereocenters. The smallest absolute Gasteiger partial charge is 0.330 e. The Kier molecular flexibility index (Phi) is 6.43. The third kappa shape index (κ3) is 4.82. The molecule has 0 saturated carbocycles. The molecule has 2 rings (SSSR count). The Morgan fingerprint density at radius 3 is 2.54 bits per heavy atom. The second-order valence-corrected chi connectivity index (χ2v) is 7.32. The van der Waals surface area contributed by atoms with Crippen LogP contribution >= 0.6 is 24.2 Å². The van der Waals surface area contributed by atoms with Gasteiger partial charge in [0.15, 0.2) is 5.78 Å². The van der Waals surface area contributed by atoms with Crippen LogP contribution in [0, 0.1) is 0 Å². The minimum absolute atomic E-state index is 0.166. The molecule has 130 valence electrons. The molecule has 7 heteroatoms. The van der Waals surface area contributed by atoms with Crippen LogP contribution in [0.3, 0.4) is 0 Å². The lowest BCUT2D eigenvalue weighted by Gasteiger charge is -2.21. The van der Waals surface area contributed by atoms with Crippen LogP contribution in [-0.2, 0) is 20.2 Å². The van der Waals surface area contributed by atoms with Crippen LogP contribution in [-0.4, -0.2) is 35.1 Å². The fraction of sp³-hybridized carbons (Fsp3) is 0.471. The number of hydrogen-bond donors (Lipinski definition) is 2. The summed E-state index contributed by atoms with van der Waals surface area (Å²) < 4.78 is 3.51. The van der Waals surface area contributed by atoms with E-state index < -0.39 is 22.7 Å². The molecule has 0 radical (unpaired) electrons. The minimum atomic E-state index is -1.38. The van der Waals surface area contributed by atoms with Gasteiger partial charge >= 0.3 is 11.9 Å². The number of esters is 2. The number of benzene rings is 1. The number of rotatable bonds is 6. The van der Waals surface area contributed by atoms with Crippen molar-refractivity contribution in [3.05, 3.63) is 35.4 Å². The van der Waals surface area contributed by atoms with Crippen molar-refractivity contribution in [1.82, 2.24) is 5.32 Å². The standard InChI is InChI=1S/C17H20ClNO4S/c1-17(24,16(22)23-15(21)13-3-2-8-19-13)9-14(20)12-6-4-11(10-18)5-7-12/h4-7,13,19,24H,2-3,8-10H2,1H3/t13-,17-/m0/s1. The van der Waals surface area contributed by atoms with Gasteiger partial charge in [0.1, 0.15) is 10.8 Å². The predicted octanol–water partition coefficient (Wildman–Crippen LogP) is 2.51. The summed E-state index contributed by atoms with van der Waals surface area (Å²) in [4.78, 5) is 36.4. The van der Waals surface area contributed by atoms with E-state index in [4.69, 9.17) is 16.3 Å². The molecule has 0 bridgehead atoms. The molecule has 1 N–H and O–H groups in total. The summed E-state index contributed by atoms with van der Waals surface area (Å²) in [6.45, 7) is 2.20. The van der Waals surface area contributed by atoms with Gasteiger partial charge in [0, 0.05) is 17.9 Å². The average Bonchev–Trinajstić information content (AvgIpc) is 3.09. The molecule has 0 spiro atoms. The normalized spacial score (nSPS) is 19.5. The van der Waals surface area contributed by atoms with E-state index >= 15 is 0 Å². The zero-order valence-corrected chi connectivity index (χ0v) is 15.0. The molecule has 1 heterocycles. The van der Waals surface area contributed by atoms with Crippen LogP contribution in [0.5, 0.6) is 0 Å². The summed E-state index contributed by atoms with van der Waals surface area (Å²) in [6.07, 6.45) is 1.34. The molecule has 1 aliphatic rings. The molecular formula is C17H20ClNO4S. The topological polar surface area (TPSA) is 72.5 Å². The maximum atomic E-state index is 12.3. The molecule has 1 aliphatic heterocycles. The zero-order chi connectivity index (χ0) is 17.7. The quantitative estimate of drug-likeness (QED) is 0.265. The number of halogens is 1. The Morgan fingerprint density at radius 2 is 2.00 bits per heavy atom. The van der Waals surface area contributed by atoms with Crippen LogP contribution in [0.4, 0.5) is 0 Å². The molecular weight excluding hydrogens is 350 g/mol. The van der Waals surface area contributed by atoms with Gasteiger partial charge in [0.2, 0.25) is 0 Å². The molecule has 1 saturated heterocycles. The van der Waals surface area contributed by atoms with Crippen LogP contribution in [0.1, 0.15) is 42.1 Å². The zero-order valence-electron chi connectivity index (χ0n) is 13.4. The molecule has 1 aromatic carbocycles. The van der Waals surface area contributed by atoms with E-state index in [0.717, 1.165) is 18.5 Å². The molecule has 0 aromatic heterocycles. The maximum absolute atomic E-state index is 12.3. The fourth-order valence-electron chi connectivity index (χ4n) is 2.42. The first kappa shape index (κ1) is 19.0. The van der Waals surface area contributed by atoms with E-state index in [-0.39, 0.29) is 12.2 Å². The van der Waals surface area contributed by atoms with E-state index in [2.05, 4.69) is 17.9 Å². The second-order valence-electron chi connectivity index (χ2n) is 6.06. The number of ether oxygens (including phenoxy) is 1. The van der Waals surface area contributed by atoms with Crippen LogP contribution in [0.25, 0.3) is 0 Å². The first-order valence-corrected chi connectivity index (χ1v) is 8.71. The van der Waals surface area contributed by atoms with Crippen molar-refractivity contribution in [3.8, 4) is 0 Å². The lowest BCUT2D eigenvalue weighted by atomic mass is 9.98. The summed E-state index contributed by atoms with van der Waals surface area (Å²) in [5.41, 5.74) is 1.36. The Hall–Kier alpha value is -1.37. The molecule has 0 aliphatic carbocycles. The van der Waals surface area contributed by atoms with Gasteiger partial charge in [-0.15, -0.1) is 11.6 Å². The summed E-state index contributed by atoms with van der Waals surface area (Å²) in [6, 6.07) is 6.36. The average molecular weight is 370 g/mol. The highest BCUT2D eigenvalue weighted by Crippen LogP contribution is 2.24. The van der Waals surface area contributed by atoms with Crippen molar-refractivity contribution in [2.24, 2.45) is 0 Å². The number of alkyl halides is 1. The number of hydrogen-bond acceptors (Lipinski definition) is 6. The third-order valence-corrected chi connectivity index (χ3v) is 4.56. The monoisotopic (exact) mass is 369 g/mol. The van der Waals surface area contributed by atoms with Crippen LogP contribution in [0.15, 0.2) is 24.3 Å². The van der Waals surface area contributed by atoms with Crippen molar-refractivity contribution in [3.63, 3.8) is 0 Å². The molecule has 5 nitrogen and oxygen atoms in total. The van der Waals surface area contributed by atoms with Gasteiger partial charge in [-0.05, 0) is 31.9 Å². The van der Waals surface area contributed by atoms with Gasteiger partial charge in [-0.25, -0.2) is 4.79 Å². The van der Waals surface area contributed by atoms with Gasteiger partial charge in [-0.2, -0.15) is 12.6 Å². The number of thiol groups is 1. The predicted molar refractivity (Wildman–Crippen MR) is 94.5 cm³/mol. The summed E-state index contributed by atoms with van der Waals surface area (Å²) in [5, 5.41) is 2.96. The van der Waals surface area contributed by atoms with Gasteiger partial charge in [-0.1, -0.05) is 24.3 Å². The van der Waals surface area contributed by atoms with E-state index in [1.807, 2.05) is 0 Å². The number of carbonyl (C=O) groups excluding carboxylic acids is 3. The van der Waals surface area contributed by atoms with Gasteiger partial charge in [-0.3, -0.25) is 9.59 Å². The lowest BCUT2D eigenvalue weighted by molar-refractivity contribution is -0.162. The Bertz CT molecular complexity index is 624. The highest BCUT2D eigenvalue weighted by Gasteiger charge is 2.37. The van der Waals surface area contributed by atoms with Crippen molar-refractivity contribution in [2.75, 3.05) is 6.54 Å². The van der Waals surface area contributed by atoms with E-state index in [9.17, 15) is 14.4 Å². The third-order valence-electron chi connectivity index (χ3n) is 3.91. The maximum Gasteiger partial charge on any atom is 0.330 e. The Labute approximate surface area is 151 Å². The van der Waals surface area contributed by atoms with E-state index in [1.54, 1.807) is 24.3 Å². The van der Waals surface area contributed by atoms with Gasteiger partial charge in [0.25, 0.3) is 0 Å². The summed E-state index contributed by atoms with van der Waals surface area (Å²) in [7, 11) is 0. The SMILES string of the molecule is C[C@](S)(CC(=O)c1ccc(CCl)cc1)C(=O)OC(=O)[C@@H]1CCCN1. The number of carbonyl (C=O) groups is 3. The first-order valence-electron chi connectivity index (χ1n) is 7.73. The summed E-state index contributed by atoms with van der Waals surface area (Å²) in [5.74, 6) is -1.31. The van der Waals surface area contributed by atoms with Gasteiger partial charge < -0.3 is 10.1 Å². The fourth-order valence-corrected chi connectivity index (χ4v) is 2.79. The molecule has 0 amide bonds. The van der Waals surface area contributed by atoms with Crippen molar-refractivity contribution < 1.29 is 19.1 Å². The summed E-state index contributed by atoms with van der Waals surface area (Å²) >= 11 is 9.95. The Balaban J connectivity index is 1.96. The van der Waals surface area contributed by atoms with Crippen molar-refractivity contribution in [1.29, 1.82) is 0 Å². The lowest BCUT2D eigenvalue weighted by Crippen LogP contribution is -2.40. The van der Waals surface area contributed by atoms with E-state index in [1.165, 1.54) is 6.92 Å². The van der Waals surface area contributed by atoms with Crippen LogP contribution < -0.4 is 5.32 Å². The highest BCUT2D eigenvalue weighted by molar-refractivity contribution is 7.82. The Morgan fingerprint density at radius 1 is 1.33 bits per heavy atom. The molecule has 1 fully saturated rings. The van der Waals surface area contributed by atoms with E-state index in [0.29, 0.717) is 17.9 Å². The minimum Gasteiger partial charge on any atom is -0.391 e. The molecule has 24 heavy (non-hydrogen) atoms. The van der Waals surface area contributed by atoms with Crippen molar-refractivity contribution >= 4 is 42.0 Å². The van der Waals surface area contributed by atoms with Gasteiger partial charge in [0.05, 0.1) is 0 Å². The highest BCUT2D eigenvalue weighted by atomic mass is 35.5. The molecule has 2 atom stereocenters. The number of nitrogens with one attached hydrogen (secondary N) is 1. The first-order chi connectivity index (χ1) is 11.3. The van der Waals surface area contributed by atoms with Crippen LogP contribution in [0.2, 0.25) is 0 Å². The van der Waals surface area contributed by atoms with Crippen molar-refractivity contribution in [2.45, 2.75) is 42.9 Å². The molecule has 1 aromatic rings. The number of Topliss-reactive ketones (excluding diaryl/α,β-unsaturated/α-hetero) is 1. The number of ketones is 1. The largest absolute Gasteiger partial charge is 0.391 e.